The summed E-state index contributed by atoms with van der Waals surface area (Å²) in [7, 11) is 1.60. The molecule has 0 aliphatic carbocycles. The maximum absolute atomic E-state index is 11.9. The molecule has 0 heterocycles. The number of nitrogens with zero attached hydrogens (tertiary/aromatic N) is 1. The number of amides is 1. The van der Waals surface area contributed by atoms with Crippen molar-refractivity contribution in [2.24, 2.45) is 5.73 Å². The topological polar surface area (TPSA) is 83.6 Å². The number of hydrogen-bond acceptors (Lipinski definition) is 3. The Balaban J connectivity index is 2.62. The quantitative estimate of drug-likeness (QED) is 0.779. The molecule has 0 spiro atoms. The molecule has 3 N–H and O–H groups in total. The van der Waals surface area contributed by atoms with E-state index in [1.807, 2.05) is 12.1 Å². The molecule has 5 heteroatoms. The van der Waals surface area contributed by atoms with Crippen LogP contribution in [0.5, 0.6) is 0 Å². The number of hydrogen-bond donors (Lipinski definition) is 2. The van der Waals surface area contributed by atoms with Gasteiger partial charge in [-0.3, -0.25) is 9.59 Å². The maximum atomic E-state index is 11.9. The zero-order chi connectivity index (χ0) is 13.5. The molecule has 0 atom stereocenters. The van der Waals surface area contributed by atoms with E-state index in [0.717, 1.165) is 12.0 Å². The van der Waals surface area contributed by atoms with E-state index >= 15 is 0 Å². The van der Waals surface area contributed by atoms with Crippen LogP contribution in [-0.2, 0) is 11.2 Å². The summed E-state index contributed by atoms with van der Waals surface area (Å²) in [4.78, 5) is 23.8. The predicted molar refractivity (Wildman–Crippen MR) is 68.4 cm³/mol. The minimum absolute atomic E-state index is 0.0481. The van der Waals surface area contributed by atoms with Crippen LogP contribution in [0.3, 0.4) is 0 Å². The minimum atomic E-state index is -0.909. The Bertz CT molecular complexity index is 415. The first-order valence-electron chi connectivity index (χ1n) is 5.81. The Labute approximate surface area is 106 Å². The fourth-order valence-corrected chi connectivity index (χ4v) is 1.57. The Kier molecular flexibility index (Phi) is 5.32. The Morgan fingerprint density at radius 1 is 1.28 bits per heavy atom. The number of nitrogens with two attached hydrogens (primary N) is 1. The van der Waals surface area contributed by atoms with Gasteiger partial charge >= 0.3 is 5.97 Å². The maximum Gasteiger partial charge on any atom is 0.305 e. The average Bonchev–Trinajstić information content (AvgIpc) is 2.36. The molecule has 0 aromatic heterocycles. The van der Waals surface area contributed by atoms with Gasteiger partial charge in [0.15, 0.2) is 0 Å². The monoisotopic (exact) mass is 250 g/mol. The predicted octanol–water partition coefficient (Wildman–Crippen LogP) is 0.734. The summed E-state index contributed by atoms with van der Waals surface area (Å²) in [5, 5.41) is 8.56. The van der Waals surface area contributed by atoms with Crippen molar-refractivity contribution in [3.8, 4) is 0 Å². The Hall–Kier alpha value is -1.88. The smallest absolute Gasteiger partial charge is 0.305 e. The van der Waals surface area contributed by atoms with Crippen molar-refractivity contribution in [1.82, 2.24) is 4.90 Å². The summed E-state index contributed by atoms with van der Waals surface area (Å²) in [5.41, 5.74) is 7.09. The van der Waals surface area contributed by atoms with E-state index in [0.29, 0.717) is 12.1 Å². The van der Waals surface area contributed by atoms with E-state index in [2.05, 4.69) is 0 Å². The number of carbonyl (C=O) groups excluding carboxylic acids is 1. The molecule has 0 fully saturated rings. The molecule has 5 nitrogen and oxygen atoms in total. The van der Waals surface area contributed by atoms with Crippen molar-refractivity contribution < 1.29 is 14.7 Å². The Morgan fingerprint density at radius 2 is 1.89 bits per heavy atom. The summed E-state index contributed by atoms with van der Waals surface area (Å²) in [6.45, 7) is 0.782. The lowest BCUT2D eigenvalue weighted by Crippen LogP contribution is -2.29. The van der Waals surface area contributed by atoms with Gasteiger partial charge in [-0.05, 0) is 30.7 Å². The van der Waals surface area contributed by atoms with Crippen LogP contribution in [-0.4, -0.2) is 42.0 Å². The van der Waals surface area contributed by atoms with Gasteiger partial charge in [0.25, 0.3) is 5.91 Å². The molecule has 0 saturated heterocycles. The molecular formula is C13H18N2O3. The SMILES string of the molecule is CN(CCC(=O)O)C(=O)c1ccc(CCN)cc1. The van der Waals surface area contributed by atoms with Crippen molar-refractivity contribution in [2.75, 3.05) is 20.1 Å². The molecular weight excluding hydrogens is 232 g/mol. The lowest BCUT2D eigenvalue weighted by Gasteiger charge is -2.16. The van der Waals surface area contributed by atoms with Crippen molar-refractivity contribution in [2.45, 2.75) is 12.8 Å². The van der Waals surface area contributed by atoms with E-state index < -0.39 is 5.97 Å². The van der Waals surface area contributed by atoms with Gasteiger partial charge in [-0.1, -0.05) is 12.1 Å². The van der Waals surface area contributed by atoms with Gasteiger partial charge in [0.2, 0.25) is 0 Å². The highest BCUT2D eigenvalue weighted by Crippen LogP contribution is 2.07. The van der Waals surface area contributed by atoms with Gasteiger partial charge in [-0.25, -0.2) is 0 Å². The van der Waals surface area contributed by atoms with E-state index in [1.165, 1.54) is 4.90 Å². The lowest BCUT2D eigenvalue weighted by atomic mass is 10.1. The second-order valence-corrected chi connectivity index (χ2v) is 4.11. The molecule has 98 valence electrons. The fraction of sp³-hybridized carbons (Fsp3) is 0.385. The largest absolute Gasteiger partial charge is 0.481 e. The third kappa shape index (κ3) is 4.18. The van der Waals surface area contributed by atoms with Crippen LogP contribution < -0.4 is 5.73 Å². The number of benzene rings is 1. The minimum Gasteiger partial charge on any atom is -0.481 e. The first-order chi connectivity index (χ1) is 8.54. The highest BCUT2D eigenvalue weighted by atomic mass is 16.4. The van der Waals surface area contributed by atoms with Crippen molar-refractivity contribution in [3.63, 3.8) is 0 Å². The van der Waals surface area contributed by atoms with Crippen LogP contribution in [0.15, 0.2) is 24.3 Å². The van der Waals surface area contributed by atoms with Gasteiger partial charge in [0, 0.05) is 19.2 Å². The second-order valence-electron chi connectivity index (χ2n) is 4.11. The number of carboxylic acid groups (broad SMARTS) is 1. The van der Waals surface area contributed by atoms with Gasteiger partial charge in [-0.15, -0.1) is 0 Å². The summed E-state index contributed by atoms with van der Waals surface area (Å²) in [5.74, 6) is -1.08. The van der Waals surface area contributed by atoms with Gasteiger partial charge in [-0.2, -0.15) is 0 Å². The third-order valence-electron chi connectivity index (χ3n) is 2.64. The third-order valence-corrected chi connectivity index (χ3v) is 2.64. The van der Waals surface area contributed by atoms with Gasteiger partial charge < -0.3 is 15.7 Å². The zero-order valence-corrected chi connectivity index (χ0v) is 10.4. The van der Waals surface area contributed by atoms with Gasteiger partial charge in [0.1, 0.15) is 0 Å². The number of carbonyl (C=O) groups is 2. The second kappa shape index (κ2) is 6.76. The molecule has 0 bridgehead atoms. The van der Waals surface area contributed by atoms with Crippen LogP contribution in [0.25, 0.3) is 0 Å². The first kappa shape index (κ1) is 14.2. The fourth-order valence-electron chi connectivity index (χ4n) is 1.57. The number of carboxylic acids is 1. The molecule has 0 saturated carbocycles. The highest BCUT2D eigenvalue weighted by molar-refractivity contribution is 5.94. The summed E-state index contributed by atoms with van der Waals surface area (Å²) in [6.07, 6.45) is 0.733. The first-order valence-corrected chi connectivity index (χ1v) is 5.81. The van der Waals surface area contributed by atoms with Crippen LogP contribution in [0.2, 0.25) is 0 Å². The van der Waals surface area contributed by atoms with Gasteiger partial charge in [0.05, 0.1) is 6.42 Å². The molecule has 0 radical (unpaired) electrons. The Morgan fingerprint density at radius 3 is 2.39 bits per heavy atom. The molecule has 1 rings (SSSR count). The normalized spacial score (nSPS) is 10.1. The molecule has 1 aromatic carbocycles. The number of aliphatic carboxylic acids is 1. The van der Waals surface area contributed by atoms with Crippen LogP contribution in [0.4, 0.5) is 0 Å². The summed E-state index contributed by atoms with van der Waals surface area (Å²) < 4.78 is 0. The molecule has 0 unspecified atom stereocenters. The average molecular weight is 250 g/mol. The van der Waals surface area contributed by atoms with Crippen molar-refractivity contribution >= 4 is 11.9 Å². The summed E-state index contributed by atoms with van der Waals surface area (Å²) in [6, 6.07) is 7.21. The molecule has 1 amide bonds. The van der Waals surface area contributed by atoms with E-state index in [-0.39, 0.29) is 18.9 Å². The van der Waals surface area contributed by atoms with Crippen LogP contribution in [0.1, 0.15) is 22.3 Å². The van der Waals surface area contributed by atoms with Crippen molar-refractivity contribution in [3.05, 3.63) is 35.4 Å². The van der Waals surface area contributed by atoms with Crippen LogP contribution >= 0.6 is 0 Å². The number of rotatable bonds is 6. The van der Waals surface area contributed by atoms with Crippen molar-refractivity contribution in [1.29, 1.82) is 0 Å². The van der Waals surface area contributed by atoms with Crippen LogP contribution in [0, 0.1) is 0 Å². The van der Waals surface area contributed by atoms with E-state index in [9.17, 15) is 9.59 Å². The molecule has 0 aliphatic heterocycles. The summed E-state index contributed by atoms with van der Waals surface area (Å²) >= 11 is 0. The molecule has 1 aromatic rings. The van der Waals surface area contributed by atoms with E-state index in [4.69, 9.17) is 10.8 Å². The lowest BCUT2D eigenvalue weighted by molar-refractivity contribution is -0.137. The zero-order valence-electron chi connectivity index (χ0n) is 10.4. The molecule has 0 aliphatic rings. The van der Waals surface area contributed by atoms with E-state index in [1.54, 1.807) is 19.2 Å². The highest BCUT2D eigenvalue weighted by Gasteiger charge is 2.12. The molecule has 18 heavy (non-hydrogen) atoms. The standard InChI is InChI=1S/C13H18N2O3/c1-15(9-7-12(16)17)13(18)11-4-2-10(3-5-11)6-8-14/h2-5H,6-9,14H2,1H3,(H,16,17).